The lowest BCUT2D eigenvalue weighted by Crippen LogP contribution is -2.40. The second kappa shape index (κ2) is 9.13. The van der Waals surface area contributed by atoms with Crippen LogP contribution >= 0.6 is 0 Å². The van der Waals surface area contributed by atoms with Crippen LogP contribution in [0.15, 0.2) is 6.33 Å². The van der Waals surface area contributed by atoms with Crippen LogP contribution in [0.3, 0.4) is 0 Å². The lowest BCUT2D eigenvalue weighted by molar-refractivity contribution is -0.123. The van der Waals surface area contributed by atoms with Gasteiger partial charge in [-0.05, 0) is 52.6 Å². The van der Waals surface area contributed by atoms with Crippen LogP contribution < -0.4 is 5.32 Å². The summed E-state index contributed by atoms with van der Waals surface area (Å²) in [5, 5.41) is 11.1. The third-order valence-electron chi connectivity index (χ3n) is 4.80. The van der Waals surface area contributed by atoms with E-state index in [0.29, 0.717) is 31.5 Å². The van der Waals surface area contributed by atoms with Crippen molar-refractivity contribution in [3.63, 3.8) is 0 Å². The van der Waals surface area contributed by atoms with Crippen LogP contribution in [0.2, 0.25) is 0 Å². The molecule has 0 aromatic carbocycles. The molecule has 0 bridgehead atoms. The quantitative estimate of drug-likeness (QED) is 0.780. The van der Waals surface area contributed by atoms with E-state index in [1.54, 1.807) is 13.4 Å². The molecule has 1 unspecified atom stereocenters. The number of carbonyl (C=O) groups excluding carboxylic acids is 1. The summed E-state index contributed by atoms with van der Waals surface area (Å²) in [7, 11) is 1.67. The summed E-state index contributed by atoms with van der Waals surface area (Å²) in [6.07, 6.45) is 4.48. The minimum atomic E-state index is -0.146. The van der Waals surface area contributed by atoms with Crippen molar-refractivity contribution in [2.45, 2.75) is 58.7 Å². The monoisotopic (exact) mass is 337 g/mol. The van der Waals surface area contributed by atoms with Gasteiger partial charge in [0, 0.05) is 26.1 Å². The molecule has 2 heterocycles. The molecule has 2 rings (SSSR count). The van der Waals surface area contributed by atoms with Gasteiger partial charge in [0.1, 0.15) is 6.33 Å². The molecule has 0 radical (unpaired) electrons. The molecule has 0 saturated carbocycles. The number of carbonyl (C=O) groups is 1. The Kier molecular flexibility index (Phi) is 7.17. The summed E-state index contributed by atoms with van der Waals surface area (Å²) in [4.78, 5) is 14.8. The van der Waals surface area contributed by atoms with Gasteiger partial charge in [-0.3, -0.25) is 4.79 Å². The molecule has 1 aliphatic heterocycles. The van der Waals surface area contributed by atoms with E-state index >= 15 is 0 Å². The predicted octanol–water partition coefficient (Wildman–Crippen LogP) is 1.61. The number of methoxy groups -OCH3 is 1. The van der Waals surface area contributed by atoms with Crippen molar-refractivity contribution in [1.82, 2.24) is 25.0 Å². The van der Waals surface area contributed by atoms with Crippen molar-refractivity contribution in [2.75, 3.05) is 26.8 Å². The van der Waals surface area contributed by atoms with E-state index in [0.717, 1.165) is 31.8 Å². The van der Waals surface area contributed by atoms with Gasteiger partial charge in [0.25, 0.3) is 0 Å². The first kappa shape index (κ1) is 18.9. The van der Waals surface area contributed by atoms with Crippen LogP contribution in [0.5, 0.6) is 0 Å². The van der Waals surface area contributed by atoms with Gasteiger partial charge in [-0.1, -0.05) is 0 Å². The summed E-state index contributed by atoms with van der Waals surface area (Å²) in [5.74, 6) is 1.36. The molecular weight excluding hydrogens is 306 g/mol. The first-order valence-corrected chi connectivity index (χ1v) is 8.91. The maximum absolute atomic E-state index is 12.4. The molecule has 1 N–H and O–H groups in total. The maximum atomic E-state index is 12.4. The van der Waals surface area contributed by atoms with Gasteiger partial charge in [0.05, 0.1) is 12.6 Å². The van der Waals surface area contributed by atoms with Crippen molar-refractivity contribution in [1.29, 1.82) is 0 Å². The third kappa shape index (κ3) is 5.27. The molecule has 1 aromatic rings. The topological polar surface area (TPSA) is 72.3 Å². The lowest BCUT2D eigenvalue weighted by atomic mass is 9.92. The number of hydrogen-bond acceptors (Lipinski definition) is 5. The zero-order chi connectivity index (χ0) is 17.5. The highest BCUT2D eigenvalue weighted by Gasteiger charge is 2.24. The fraction of sp³-hybridized carbons (Fsp3) is 0.824. The largest absolute Gasteiger partial charge is 0.383 e. The van der Waals surface area contributed by atoms with E-state index in [1.807, 2.05) is 11.5 Å². The van der Waals surface area contributed by atoms with Gasteiger partial charge >= 0.3 is 0 Å². The zero-order valence-corrected chi connectivity index (χ0v) is 15.4. The highest BCUT2D eigenvalue weighted by atomic mass is 16.5. The van der Waals surface area contributed by atoms with Crippen LogP contribution in [0.25, 0.3) is 0 Å². The molecule has 0 spiro atoms. The molecule has 24 heavy (non-hydrogen) atoms. The van der Waals surface area contributed by atoms with Gasteiger partial charge in [0.2, 0.25) is 5.91 Å². The van der Waals surface area contributed by atoms with E-state index in [1.165, 1.54) is 0 Å². The van der Waals surface area contributed by atoms with Crippen molar-refractivity contribution >= 4 is 5.91 Å². The Morgan fingerprint density at radius 1 is 1.38 bits per heavy atom. The van der Waals surface area contributed by atoms with E-state index in [4.69, 9.17) is 4.74 Å². The van der Waals surface area contributed by atoms with Crippen molar-refractivity contribution in [3.8, 4) is 0 Å². The Bertz CT molecular complexity index is 509. The summed E-state index contributed by atoms with van der Waals surface area (Å²) < 4.78 is 7.02. The molecule has 1 fully saturated rings. The second-order valence-electron chi connectivity index (χ2n) is 6.94. The minimum Gasteiger partial charge on any atom is -0.383 e. The molecule has 0 aliphatic carbocycles. The summed E-state index contributed by atoms with van der Waals surface area (Å²) in [6.45, 7) is 9.88. The number of nitrogens with one attached hydrogen (secondary N) is 1. The Hall–Kier alpha value is -1.47. The van der Waals surface area contributed by atoms with Crippen LogP contribution in [0.4, 0.5) is 0 Å². The molecule has 136 valence electrons. The average molecular weight is 337 g/mol. The molecule has 7 nitrogen and oxygen atoms in total. The highest BCUT2D eigenvalue weighted by molar-refractivity contribution is 5.76. The summed E-state index contributed by atoms with van der Waals surface area (Å²) >= 11 is 0. The van der Waals surface area contributed by atoms with Crippen molar-refractivity contribution < 1.29 is 9.53 Å². The fourth-order valence-corrected chi connectivity index (χ4v) is 3.26. The Labute approximate surface area is 144 Å². The smallest absolute Gasteiger partial charge is 0.220 e. The van der Waals surface area contributed by atoms with Gasteiger partial charge in [-0.2, -0.15) is 0 Å². The number of ether oxygens (including phenoxy) is 1. The zero-order valence-electron chi connectivity index (χ0n) is 15.4. The van der Waals surface area contributed by atoms with Gasteiger partial charge < -0.3 is 19.5 Å². The van der Waals surface area contributed by atoms with Crippen LogP contribution in [-0.4, -0.2) is 58.4 Å². The predicted molar refractivity (Wildman–Crippen MR) is 92.5 cm³/mol. The molecule has 1 aliphatic rings. The molecule has 1 saturated heterocycles. The van der Waals surface area contributed by atoms with Crippen LogP contribution in [-0.2, 0) is 16.1 Å². The molecule has 7 heteroatoms. The number of aromatic nitrogens is 3. The number of hydrogen-bond donors (Lipinski definition) is 1. The van der Waals surface area contributed by atoms with Crippen LogP contribution in [0, 0.1) is 5.92 Å². The Morgan fingerprint density at radius 2 is 2.08 bits per heavy atom. The lowest BCUT2D eigenvalue weighted by Gasteiger charge is -2.34. The Balaban J connectivity index is 1.79. The van der Waals surface area contributed by atoms with E-state index in [9.17, 15) is 4.79 Å². The molecular formula is C17H31N5O2. The first-order valence-electron chi connectivity index (χ1n) is 8.91. The molecule has 1 aromatic heterocycles. The number of likely N-dealkylation sites (tertiary alicyclic amines) is 1. The maximum Gasteiger partial charge on any atom is 0.220 e. The van der Waals surface area contributed by atoms with Crippen molar-refractivity contribution in [2.24, 2.45) is 5.92 Å². The highest BCUT2D eigenvalue weighted by Crippen LogP contribution is 2.22. The number of piperidine rings is 1. The van der Waals surface area contributed by atoms with E-state index in [2.05, 4.69) is 34.3 Å². The first-order chi connectivity index (χ1) is 11.5. The normalized spacial score (nSPS) is 18.0. The average Bonchev–Trinajstić information content (AvgIpc) is 3.01. The minimum absolute atomic E-state index is 0.104. The van der Waals surface area contributed by atoms with Gasteiger partial charge in [-0.15, -0.1) is 10.2 Å². The van der Waals surface area contributed by atoms with E-state index in [-0.39, 0.29) is 11.9 Å². The summed E-state index contributed by atoms with van der Waals surface area (Å²) in [6, 6.07) is 0.450. The van der Waals surface area contributed by atoms with Crippen molar-refractivity contribution in [3.05, 3.63) is 12.2 Å². The number of rotatable bonds is 8. The van der Waals surface area contributed by atoms with Gasteiger partial charge in [-0.25, -0.2) is 0 Å². The second-order valence-corrected chi connectivity index (χ2v) is 6.94. The van der Waals surface area contributed by atoms with E-state index < -0.39 is 0 Å². The third-order valence-corrected chi connectivity index (χ3v) is 4.80. The summed E-state index contributed by atoms with van der Waals surface area (Å²) in [5.41, 5.74) is 0. The molecule has 1 atom stereocenters. The number of amides is 1. The van der Waals surface area contributed by atoms with Gasteiger partial charge in [0.15, 0.2) is 5.82 Å². The fourth-order valence-electron chi connectivity index (χ4n) is 3.26. The number of nitrogens with zero attached hydrogens (tertiary/aromatic N) is 4. The SMILES string of the molecule is COCCn1cnnc1C(C)NC(=O)CC1CCN(C(C)C)CC1. The van der Waals surface area contributed by atoms with Crippen LogP contribution in [0.1, 0.15) is 51.9 Å². The standard InChI is InChI=1S/C17H31N5O2/c1-13(2)21-7-5-15(6-8-21)11-16(23)19-14(3)17-20-18-12-22(17)9-10-24-4/h12-15H,5-11H2,1-4H3,(H,19,23). The Morgan fingerprint density at radius 3 is 2.71 bits per heavy atom. The molecule has 1 amide bonds.